The van der Waals surface area contributed by atoms with Crippen molar-refractivity contribution in [2.45, 2.75) is 37.9 Å². The first-order valence-electron chi connectivity index (χ1n) is 7.05. The molecule has 1 unspecified atom stereocenters. The molecule has 0 N–H and O–H groups in total. The summed E-state index contributed by atoms with van der Waals surface area (Å²) in [6, 6.07) is 0. The molecule has 1 amide bonds. The van der Waals surface area contributed by atoms with E-state index in [4.69, 9.17) is 14.2 Å². The van der Waals surface area contributed by atoms with Gasteiger partial charge in [0.1, 0.15) is 11.3 Å². The van der Waals surface area contributed by atoms with E-state index in [1.54, 1.807) is 20.8 Å². The molecule has 130 valence electrons. The van der Waals surface area contributed by atoms with Crippen LogP contribution in [-0.4, -0.2) is 68.9 Å². The lowest BCUT2D eigenvalue weighted by atomic mass is 10.1. The molecule has 2 aliphatic rings. The molecule has 0 aromatic rings. The number of amides is 1. The Kier molecular flexibility index (Phi) is 4.57. The maximum atomic E-state index is 12.5. The van der Waals surface area contributed by atoms with Gasteiger partial charge in [0.15, 0.2) is 21.3 Å². The van der Waals surface area contributed by atoms with Crippen LogP contribution in [0.4, 0.5) is 0 Å². The number of rotatable bonds is 4. The van der Waals surface area contributed by atoms with Gasteiger partial charge in [-0.2, -0.15) is 0 Å². The van der Waals surface area contributed by atoms with Gasteiger partial charge in [0, 0.05) is 19.8 Å². The van der Waals surface area contributed by atoms with Crippen LogP contribution in [0.2, 0.25) is 0 Å². The molecular formula is C14H21NO7S. The number of sulfone groups is 1. The largest absolute Gasteiger partial charge is 0.455 e. The number of hydrogen-bond donors (Lipinski definition) is 0. The van der Waals surface area contributed by atoms with E-state index in [9.17, 15) is 18.0 Å². The molecule has 9 heteroatoms. The van der Waals surface area contributed by atoms with Crippen LogP contribution >= 0.6 is 0 Å². The minimum Gasteiger partial charge on any atom is -0.455 e. The maximum Gasteiger partial charge on any atom is 0.355 e. The lowest BCUT2D eigenvalue weighted by Crippen LogP contribution is -2.70. The Bertz CT molecular complexity index is 659. The van der Waals surface area contributed by atoms with Crippen molar-refractivity contribution in [1.82, 2.24) is 4.90 Å². The molecule has 0 aromatic carbocycles. The van der Waals surface area contributed by atoms with Crippen molar-refractivity contribution >= 4 is 21.7 Å². The second kappa shape index (κ2) is 5.88. The third-order valence-corrected chi connectivity index (χ3v) is 5.42. The molecular weight excluding hydrogens is 326 g/mol. The lowest BCUT2D eigenvalue weighted by molar-refractivity contribution is -0.167. The van der Waals surface area contributed by atoms with E-state index in [-0.39, 0.29) is 23.6 Å². The van der Waals surface area contributed by atoms with Gasteiger partial charge >= 0.3 is 5.97 Å². The average molecular weight is 347 g/mol. The Hall–Kier alpha value is -1.45. The fourth-order valence-electron chi connectivity index (χ4n) is 2.66. The zero-order valence-electron chi connectivity index (χ0n) is 13.8. The number of nitrogens with zero attached hydrogens (tertiary/aromatic N) is 1. The predicted molar refractivity (Wildman–Crippen MR) is 80.0 cm³/mol. The number of fused-ring (bicyclic) bond motifs is 1. The zero-order chi connectivity index (χ0) is 17.6. The summed E-state index contributed by atoms with van der Waals surface area (Å²) in [7, 11) is -1.02. The van der Waals surface area contributed by atoms with Crippen LogP contribution in [0.15, 0.2) is 11.3 Å². The Morgan fingerprint density at radius 3 is 2.39 bits per heavy atom. The van der Waals surface area contributed by atoms with E-state index in [0.717, 1.165) is 4.90 Å². The summed E-state index contributed by atoms with van der Waals surface area (Å²) in [6.45, 7) is 4.99. The molecule has 23 heavy (non-hydrogen) atoms. The van der Waals surface area contributed by atoms with Crippen LogP contribution in [0.5, 0.6) is 0 Å². The van der Waals surface area contributed by atoms with Gasteiger partial charge in [-0.05, 0) is 20.8 Å². The maximum absolute atomic E-state index is 12.5. The molecule has 2 atom stereocenters. The average Bonchev–Trinajstić information content (AvgIpc) is 2.37. The quantitative estimate of drug-likeness (QED) is 0.515. The number of ether oxygens (including phenoxy) is 3. The van der Waals surface area contributed by atoms with Crippen LogP contribution in [0.25, 0.3) is 0 Å². The highest BCUT2D eigenvalue weighted by Gasteiger charge is 2.60. The van der Waals surface area contributed by atoms with Crippen molar-refractivity contribution in [2.75, 3.05) is 26.6 Å². The number of β-lactam (4-membered cyclic amide) rings is 1. The van der Waals surface area contributed by atoms with Gasteiger partial charge in [0.05, 0.1) is 12.4 Å². The predicted octanol–water partition coefficient (Wildman–Crippen LogP) is -0.160. The third kappa shape index (κ3) is 3.13. The summed E-state index contributed by atoms with van der Waals surface area (Å²) in [4.78, 5) is 25.6. The van der Waals surface area contributed by atoms with E-state index in [1.165, 1.54) is 14.2 Å². The summed E-state index contributed by atoms with van der Waals surface area (Å²) in [6.07, 6.45) is -1.10. The Balaban J connectivity index is 2.49. The normalized spacial score (nSPS) is 26.7. The molecule has 0 radical (unpaired) electrons. The van der Waals surface area contributed by atoms with Gasteiger partial charge in [-0.3, -0.25) is 9.69 Å². The van der Waals surface area contributed by atoms with Crippen molar-refractivity contribution < 1.29 is 32.2 Å². The van der Waals surface area contributed by atoms with E-state index < -0.39 is 38.8 Å². The number of esters is 1. The first kappa shape index (κ1) is 17.9. The summed E-state index contributed by atoms with van der Waals surface area (Å²) in [5.41, 5.74) is -0.622. The standard InChI is InChI=1S/C14H21NO7S/c1-14(2,3)22-13(17)9-8(6-20-4)7-23(18,19)12-10(21-5)11(16)15(9)12/h10,12H,6-7H2,1-5H3/t10-,12?/m0/s1. The molecule has 0 saturated carbocycles. The van der Waals surface area contributed by atoms with Gasteiger partial charge in [-0.1, -0.05) is 0 Å². The SMILES string of the molecule is COCC1=C(C(=O)OC(C)(C)C)N2C(=O)[C@H](OC)C2S(=O)(=O)C1. The third-order valence-electron chi connectivity index (χ3n) is 3.48. The molecule has 0 aliphatic carbocycles. The monoisotopic (exact) mass is 347 g/mol. The minimum atomic E-state index is -3.67. The van der Waals surface area contributed by atoms with Gasteiger partial charge < -0.3 is 14.2 Å². The number of methoxy groups -OCH3 is 2. The van der Waals surface area contributed by atoms with Gasteiger partial charge in [-0.25, -0.2) is 13.2 Å². The Labute approximate surface area is 135 Å². The topological polar surface area (TPSA) is 99.2 Å². The van der Waals surface area contributed by atoms with E-state index in [1.807, 2.05) is 0 Å². The second-order valence-corrected chi connectivity index (χ2v) is 8.55. The van der Waals surface area contributed by atoms with Crippen LogP contribution < -0.4 is 0 Å². The molecule has 0 spiro atoms. The minimum absolute atomic E-state index is 0.0556. The highest BCUT2D eigenvalue weighted by molar-refractivity contribution is 7.92. The lowest BCUT2D eigenvalue weighted by Gasteiger charge is -2.48. The van der Waals surface area contributed by atoms with Crippen LogP contribution in [0.3, 0.4) is 0 Å². The summed E-state index contributed by atoms with van der Waals surface area (Å²) < 4.78 is 40.0. The highest BCUT2D eigenvalue weighted by Crippen LogP contribution is 2.38. The smallest absolute Gasteiger partial charge is 0.355 e. The van der Waals surface area contributed by atoms with Gasteiger partial charge in [0.25, 0.3) is 5.91 Å². The van der Waals surface area contributed by atoms with Crippen LogP contribution in [-0.2, 0) is 33.6 Å². The molecule has 1 fully saturated rings. The zero-order valence-corrected chi connectivity index (χ0v) is 14.6. The Morgan fingerprint density at radius 2 is 1.91 bits per heavy atom. The van der Waals surface area contributed by atoms with E-state index >= 15 is 0 Å². The molecule has 2 heterocycles. The number of hydrogen-bond acceptors (Lipinski definition) is 7. The van der Waals surface area contributed by atoms with Crippen molar-refractivity contribution in [3.8, 4) is 0 Å². The Morgan fingerprint density at radius 1 is 1.30 bits per heavy atom. The van der Waals surface area contributed by atoms with E-state index in [0.29, 0.717) is 0 Å². The van der Waals surface area contributed by atoms with Gasteiger partial charge in [0.2, 0.25) is 0 Å². The number of carbonyl (C=O) groups excluding carboxylic acids is 2. The highest BCUT2D eigenvalue weighted by atomic mass is 32.2. The molecule has 0 bridgehead atoms. The summed E-state index contributed by atoms with van der Waals surface area (Å²) in [5.74, 6) is -1.69. The molecule has 0 aromatic heterocycles. The van der Waals surface area contributed by atoms with Crippen molar-refractivity contribution in [3.63, 3.8) is 0 Å². The van der Waals surface area contributed by atoms with Gasteiger partial charge in [-0.15, -0.1) is 0 Å². The first-order chi connectivity index (χ1) is 10.5. The number of carbonyl (C=O) groups is 2. The fraction of sp³-hybridized carbons (Fsp3) is 0.714. The summed E-state index contributed by atoms with van der Waals surface area (Å²) in [5, 5.41) is -1.19. The van der Waals surface area contributed by atoms with Crippen molar-refractivity contribution in [3.05, 3.63) is 11.3 Å². The molecule has 2 aliphatic heterocycles. The van der Waals surface area contributed by atoms with E-state index in [2.05, 4.69) is 0 Å². The van der Waals surface area contributed by atoms with Crippen molar-refractivity contribution in [2.24, 2.45) is 0 Å². The second-order valence-electron chi connectivity index (χ2n) is 6.45. The first-order valence-corrected chi connectivity index (χ1v) is 8.77. The molecule has 2 rings (SSSR count). The van der Waals surface area contributed by atoms with Crippen molar-refractivity contribution in [1.29, 1.82) is 0 Å². The summed E-state index contributed by atoms with van der Waals surface area (Å²) >= 11 is 0. The van der Waals surface area contributed by atoms with Crippen LogP contribution in [0, 0.1) is 0 Å². The fourth-order valence-corrected chi connectivity index (χ4v) is 4.67. The van der Waals surface area contributed by atoms with Crippen LogP contribution in [0.1, 0.15) is 20.8 Å². The molecule has 8 nitrogen and oxygen atoms in total. The molecule has 1 saturated heterocycles.